The summed E-state index contributed by atoms with van der Waals surface area (Å²) in [5.74, 6) is 0. The summed E-state index contributed by atoms with van der Waals surface area (Å²) in [6, 6.07) is 20.9. The van der Waals surface area contributed by atoms with Crippen LogP contribution in [-0.4, -0.2) is 10.1 Å². The van der Waals surface area contributed by atoms with Crippen LogP contribution < -0.4 is 4.90 Å². The van der Waals surface area contributed by atoms with Crippen molar-refractivity contribution in [3.8, 4) is 0 Å². The van der Waals surface area contributed by atoms with E-state index in [1.165, 1.54) is 17.4 Å². The molecule has 0 bridgehead atoms. The van der Waals surface area contributed by atoms with E-state index in [9.17, 15) is 5.11 Å². The van der Waals surface area contributed by atoms with Crippen molar-refractivity contribution in [2.24, 2.45) is 0 Å². The van der Waals surface area contributed by atoms with Crippen LogP contribution in [0.1, 0.15) is 16.8 Å². The van der Waals surface area contributed by atoms with E-state index in [1.54, 1.807) is 0 Å². The monoisotopic (exact) mass is 294 g/mol. The maximum absolute atomic E-state index is 9.17. The van der Waals surface area contributed by atoms with Gasteiger partial charge in [-0.05, 0) is 11.1 Å². The Morgan fingerprint density at radius 2 is 1.41 bits per heavy atom. The molecule has 0 saturated carbocycles. The highest BCUT2D eigenvalue weighted by Gasteiger charge is 2.14. The number of aromatic nitrogens is 1. The molecule has 2 aromatic carbocycles. The minimum Gasteiger partial charge on any atom is -0.432 e. The minimum absolute atomic E-state index is 0.117. The number of aliphatic hydroxyl groups excluding tert-OH is 1. The van der Waals surface area contributed by atoms with E-state index in [-0.39, 0.29) is 6.61 Å². The molecule has 0 aliphatic carbocycles. The van der Waals surface area contributed by atoms with Gasteiger partial charge in [-0.2, -0.15) is 4.98 Å². The van der Waals surface area contributed by atoms with E-state index in [2.05, 4.69) is 34.1 Å². The first-order valence-electron chi connectivity index (χ1n) is 7.23. The van der Waals surface area contributed by atoms with Crippen molar-refractivity contribution in [3.63, 3.8) is 0 Å². The number of anilines is 1. The second-order valence-electron chi connectivity index (χ2n) is 5.11. The van der Waals surface area contributed by atoms with Crippen LogP contribution >= 0.6 is 0 Å². The van der Waals surface area contributed by atoms with Crippen molar-refractivity contribution in [1.29, 1.82) is 0 Å². The highest BCUT2D eigenvalue weighted by atomic mass is 16.4. The quantitative estimate of drug-likeness (QED) is 0.757. The second-order valence-corrected chi connectivity index (χ2v) is 5.11. The predicted molar refractivity (Wildman–Crippen MR) is 85.2 cm³/mol. The molecule has 22 heavy (non-hydrogen) atoms. The molecule has 0 aliphatic rings. The largest absolute Gasteiger partial charge is 0.432 e. The standard InChI is InChI=1S/C18H18N2O2/c21-13-17-14-22-18(19-17)20(11-15-7-3-1-4-8-15)12-16-9-5-2-6-10-16/h1-10,14,21H,11-13H2. The van der Waals surface area contributed by atoms with Gasteiger partial charge < -0.3 is 14.4 Å². The molecule has 1 aromatic heterocycles. The number of rotatable bonds is 6. The predicted octanol–water partition coefficient (Wildman–Crippen LogP) is 3.37. The van der Waals surface area contributed by atoms with Crippen molar-refractivity contribution in [2.45, 2.75) is 19.7 Å². The molecule has 0 spiro atoms. The summed E-state index contributed by atoms with van der Waals surface area (Å²) in [5, 5.41) is 9.17. The molecule has 0 unspecified atom stereocenters. The molecular formula is C18H18N2O2. The van der Waals surface area contributed by atoms with Gasteiger partial charge in [-0.15, -0.1) is 0 Å². The van der Waals surface area contributed by atoms with E-state index >= 15 is 0 Å². The zero-order valence-corrected chi connectivity index (χ0v) is 12.2. The van der Waals surface area contributed by atoms with Crippen molar-refractivity contribution >= 4 is 6.01 Å². The van der Waals surface area contributed by atoms with Crippen LogP contribution in [0.3, 0.4) is 0 Å². The molecule has 1 N–H and O–H groups in total. The molecule has 0 atom stereocenters. The van der Waals surface area contributed by atoms with E-state index in [0.717, 1.165) is 0 Å². The van der Waals surface area contributed by atoms with Gasteiger partial charge in [0.05, 0.1) is 6.61 Å². The van der Waals surface area contributed by atoms with E-state index in [4.69, 9.17) is 4.42 Å². The molecule has 0 amide bonds. The molecular weight excluding hydrogens is 276 g/mol. The normalized spacial score (nSPS) is 10.6. The SMILES string of the molecule is OCc1coc(N(Cc2ccccc2)Cc2ccccc2)n1. The highest BCUT2D eigenvalue weighted by molar-refractivity contribution is 5.33. The van der Waals surface area contributed by atoms with E-state index in [1.807, 2.05) is 36.4 Å². The van der Waals surface area contributed by atoms with Gasteiger partial charge in [0.1, 0.15) is 12.0 Å². The smallest absolute Gasteiger partial charge is 0.298 e. The molecule has 0 fully saturated rings. The van der Waals surface area contributed by atoms with Crippen molar-refractivity contribution in [2.75, 3.05) is 4.90 Å². The van der Waals surface area contributed by atoms with Crippen LogP contribution in [0.4, 0.5) is 6.01 Å². The Labute approximate surface area is 129 Å². The fraction of sp³-hybridized carbons (Fsp3) is 0.167. The van der Waals surface area contributed by atoms with Crippen molar-refractivity contribution in [3.05, 3.63) is 83.7 Å². The average Bonchev–Trinajstić information content (AvgIpc) is 3.05. The lowest BCUT2D eigenvalue weighted by Gasteiger charge is -2.21. The number of hydrogen-bond acceptors (Lipinski definition) is 4. The summed E-state index contributed by atoms with van der Waals surface area (Å²) >= 11 is 0. The van der Waals surface area contributed by atoms with Gasteiger partial charge in [0.2, 0.25) is 0 Å². The van der Waals surface area contributed by atoms with Gasteiger partial charge in [0.25, 0.3) is 6.01 Å². The van der Waals surface area contributed by atoms with Crippen molar-refractivity contribution in [1.82, 2.24) is 4.98 Å². The van der Waals surface area contributed by atoms with Crippen LogP contribution in [0.5, 0.6) is 0 Å². The Bertz CT molecular complexity index is 654. The zero-order chi connectivity index (χ0) is 15.2. The van der Waals surface area contributed by atoms with Gasteiger partial charge in [-0.1, -0.05) is 60.7 Å². The summed E-state index contributed by atoms with van der Waals surface area (Å²) < 4.78 is 5.52. The van der Waals surface area contributed by atoms with Crippen LogP contribution in [0, 0.1) is 0 Å². The van der Waals surface area contributed by atoms with Gasteiger partial charge in [0, 0.05) is 13.1 Å². The molecule has 0 radical (unpaired) electrons. The molecule has 3 rings (SSSR count). The Hall–Kier alpha value is -2.59. The number of oxazole rings is 1. The summed E-state index contributed by atoms with van der Waals surface area (Å²) in [4.78, 5) is 6.39. The Kier molecular flexibility index (Phi) is 4.51. The third-order valence-corrected chi connectivity index (χ3v) is 3.40. The number of aliphatic hydroxyl groups is 1. The van der Waals surface area contributed by atoms with Gasteiger partial charge in [-0.3, -0.25) is 0 Å². The number of benzene rings is 2. The fourth-order valence-corrected chi connectivity index (χ4v) is 2.31. The summed E-state index contributed by atoms with van der Waals surface area (Å²) in [7, 11) is 0. The van der Waals surface area contributed by atoms with Gasteiger partial charge >= 0.3 is 0 Å². The maximum Gasteiger partial charge on any atom is 0.298 e. The Balaban J connectivity index is 1.84. The summed E-state index contributed by atoms with van der Waals surface area (Å²) in [5.41, 5.74) is 2.91. The molecule has 112 valence electrons. The van der Waals surface area contributed by atoms with Crippen LogP contribution in [0.15, 0.2) is 71.3 Å². The topological polar surface area (TPSA) is 49.5 Å². The lowest BCUT2D eigenvalue weighted by molar-refractivity contribution is 0.276. The highest BCUT2D eigenvalue weighted by Crippen LogP contribution is 2.19. The molecule has 1 heterocycles. The average molecular weight is 294 g/mol. The minimum atomic E-state index is -0.117. The first-order chi connectivity index (χ1) is 10.8. The fourth-order valence-electron chi connectivity index (χ4n) is 2.31. The lowest BCUT2D eigenvalue weighted by Crippen LogP contribution is -2.22. The molecule has 0 saturated heterocycles. The summed E-state index contributed by atoms with van der Waals surface area (Å²) in [6.45, 7) is 1.27. The molecule has 4 nitrogen and oxygen atoms in total. The second kappa shape index (κ2) is 6.91. The molecule has 4 heteroatoms. The first kappa shape index (κ1) is 14.4. The number of nitrogens with zero attached hydrogens (tertiary/aromatic N) is 2. The zero-order valence-electron chi connectivity index (χ0n) is 12.2. The maximum atomic E-state index is 9.17. The summed E-state index contributed by atoms with van der Waals surface area (Å²) in [6.07, 6.45) is 1.50. The van der Waals surface area contributed by atoms with E-state index in [0.29, 0.717) is 24.8 Å². The Morgan fingerprint density at radius 1 is 0.864 bits per heavy atom. The van der Waals surface area contributed by atoms with Crippen molar-refractivity contribution < 1.29 is 9.52 Å². The number of hydrogen-bond donors (Lipinski definition) is 1. The molecule has 0 aliphatic heterocycles. The lowest BCUT2D eigenvalue weighted by atomic mass is 10.2. The van der Waals surface area contributed by atoms with Crippen LogP contribution in [0.2, 0.25) is 0 Å². The Morgan fingerprint density at radius 3 is 1.86 bits per heavy atom. The van der Waals surface area contributed by atoms with Crippen LogP contribution in [-0.2, 0) is 19.7 Å². The third-order valence-electron chi connectivity index (χ3n) is 3.40. The van der Waals surface area contributed by atoms with Crippen LogP contribution in [0.25, 0.3) is 0 Å². The van der Waals surface area contributed by atoms with Gasteiger partial charge in [0.15, 0.2) is 0 Å². The van der Waals surface area contributed by atoms with Gasteiger partial charge in [-0.25, -0.2) is 0 Å². The third kappa shape index (κ3) is 3.54. The molecule has 3 aromatic rings. The first-order valence-corrected chi connectivity index (χ1v) is 7.23. The van der Waals surface area contributed by atoms with E-state index < -0.39 is 0 Å².